The maximum Gasteiger partial charge on any atom is 0.134 e. The van der Waals surface area contributed by atoms with Gasteiger partial charge in [-0.05, 0) is 13.0 Å². The van der Waals surface area contributed by atoms with Crippen LogP contribution in [0.4, 0.5) is 11.6 Å². The van der Waals surface area contributed by atoms with Gasteiger partial charge in [0, 0.05) is 25.2 Å². The number of hydrogen-bond donors (Lipinski definition) is 1. The Balaban J connectivity index is 1.93. The summed E-state index contributed by atoms with van der Waals surface area (Å²) in [4.78, 5) is 11.1. The molecule has 0 unspecified atom stereocenters. The second kappa shape index (κ2) is 5.36. The molecule has 1 aromatic heterocycles. The van der Waals surface area contributed by atoms with Crippen LogP contribution in [0.5, 0.6) is 5.75 Å². The summed E-state index contributed by atoms with van der Waals surface area (Å²) in [5.41, 5.74) is 1.19. The molecule has 0 fully saturated rings. The van der Waals surface area contributed by atoms with Crippen LogP contribution in [0.25, 0.3) is 0 Å². The first-order chi connectivity index (χ1) is 9.76. The van der Waals surface area contributed by atoms with Crippen LogP contribution in [0.15, 0.2) is 30.3 Å². The van der Waals surface area contributed by atoms with Gasteiger partial charge in [0.25, 0.3) is 0 Å². The van der Waals surface area contributed by atoms with Crippen molar-refractivity contribution < 1.29 is 4.74 Å². The van der Waals surface area contributed by atoms with E-state index in [2.05, 4.69) is 26.3 Å². The molecule has 0 atom stereocenters. The number of nitrogens with one attached hydrogen (secondary N) is 1. The lowest BCUT2D eigenvalue weighted by atomic mass is 10.2. The van der Waals surface area contributed by atoms with E-state index >= 15 is 0 Å². The molecule has 0 aliphatic carbocycles. The Labute approximate surface area is 118 Å². The Kier molecular flexibility index (Phi) is 3.41. The molecule has 2 heterocycles. The van der Waals surface area contributed by atoms with E-state index in [4.69, 9.17) is 4.74 Å². The van der Waals surface area contributed by atoms with E-state index in [0.29, 0.717) is 6.61 Å². The first-order valence-corrected chi connectivity index (χ1v) is 6.75. The summed E-state index contributed by atoms with van der Waals surface area (Å²) in [6, 6.07) is 10.1. The molecule has 5 nitrogen and oxygen atoms in total. The summed E-state index contributed by atoms with van der Waals surface area (Å²) in [5.74, 6) is 3.51. The topological polar surface area (TPSA) is 50.3 Å². The lowest BCUT2D eigenvalue weighted by Gasteiger charge is -2.21. The normalized spacial score (nSPS) is 14.2. The Morgan fingerprint density at radius 3 is 2.95 bits per heavy atom. The lowest BCUT2D eigenvalue weighted by molar-refractivity contribution is 0.331. The first kappa shape index (κ1) is 12.7. The smallest absolute Gasteiger partial charge is 0.134 e. The van der Waals surface area contributed by atoms with Crippen molar-refractivity contribution in [2.24, 2.45) is 0 Å². The van der Waals surface area contributed by atoms with Gasteiger partial charge in [-0.25, -0.2) is 9.97 Å². The molecular formula is C15H18N4O. The molecule has 1 aliphatic heterocycles. The molecule has 1 aromatic carbocycles. The van der Waals surface area contributed by atoms with Crippen LogP contribution in [-0.2, 0) is 6.54 Å². The van der Waals surface area contributed by atoms with E-state index in [0.717, 1.165) is 36.3 Å². The highest BCUT2D eigenvalue weighted by atomic mass is 16.5. The number of anilines is 2. The number of para-hydroxylation sites is 1. The van der Waals surface area contributed by atoms with Crippen molar-refractivity contribution in [3.8, 4) is 5.75 Å². The predicted molar refractivity (Wildman–Crippen MR) is 79.3 cm³/mol. The number of aromatic nitrogens is 2. The van der Waals surface area contributed by atoms with Gasteiger partial charge in [-0.2, -0.15) is 0 Å². The van der Waals surface area contributed by atoms with E-state index in [1.165, 1.54) is 5.56 Å². The molecule has 0 bridgehead atoms. The quantitative estimate of drug-likeness (QED) is 0.907. The Morgan fingerprint density at radius 1 is 1.25 bits per heavy atom. The maximum atomic E-state index is 5.79. The minimum absolute atomic E-state index is 0.662. The van der Waals surface area contributed by atoms with E-state index in [1.807, 2.05) is 38.2 Å². The van der Waals surface area contributed by atoms with E-state index < -0.39 is 0 Å². The molecule has 2 aromatic rings. The minimum Gasteiger partial charge on any atom is -0.491 e. The number of fused-ring (bicyclic) bond motifs is 1. The molecule has 20 heavy (non-hydrogen) atoms. The monoisotopic (exact) mass is 270 g/mol. The molecule has 3 rings (SSSR count). The fourth-order valence-corrected chi connectivity index (χ4v) is 2.36. The van der Waals surface area contributed by atoms with Gasteiger partial charge >= 0.3 is 0 Å². The lowest BCUT2D eigenvalue weighted by Crippen LogP contribution is -2.26. The average molecular weight is 270 g/mol. The second-order valence-electron chi connectivity index (χ2n) is 4.79. The summed E-state index contributed by atoms with van der Waals surface area (Å²) in [6.07, 6.45) is 0. The van der Waals surface area contributed by atoms with Crippen LogP contribution < -0.4 is 15.0 Å². The van der Waals surface area contributed by atoms with Gasteiger partial charge in [0.1, 0.15) is 29.8 Å². The fraction of sp³-hybridized carbons (Fsp3) is 0.333. The standard InChI is InChI=1S/C15H18N4O/c1-11-17-14(16-2)9-15(18-11)19-7-8-20-13-6-4-3-5-12(13)10-19/h3-6,9H,7-8,10H2,1-2H3,(H,16,17,18). The summed E-state index contributed by atoms with van der Waals surface area (Å²) >= 11 is 0. The molecule has 0 spiro atoms. The van der Waals surface area contributed by atoms with Crippen molar-refractivity contribution in [3.05, 3.63) is 41.7 Å². The molecule has 0 radical (unpaired) electrons. The van der Waals surface area contributed by atoms with Gasteiger partial charge < -0.3 is 15.0 Å². The van der Waals surface area contributed by atoms with Crippen LogP contribution >= 0.6 is 0 Å². The predicted octanol–water partition coefficient (Wildman–Crippen LogP) is 2.23. The highest BCUT2D eigenvalue weighted by molar-refractivity contribution is 5.50. The number of rotatable bonds is 2. The molecule has 0 amide bonds. The minimum atomic E-state index is 0.662. The zero-order chi connectivity index (χ0) is 13.9. The molecule has 104 valence electrons. The summed E-state index contributed by atoms with van der Waals surface area (Å²) in [5, 5.41) is 3.07. The fourth-order valence-electron chi connectivity index (χ4n) is 2.36. The van der Waals surface area contributed by atoms with Gasteiger partial charge in [0.2, 0.25) is 0 Å². The molecule has 1 N–H and O–H groups in total. The summed E-state index contributed by atoms with van der Waals surface area (Å²) in [6.45, 7) is 4.19. The van der Waals surface area contributed by atoms with Crippen molar-refractivity contribution in [3.63, 3.8) is 0 Å². The Hall–Kier alpha value is -2.30. The van der Waals surface area contributed by atoms with E-state index in [1.54, 1.807) is 0 Å². The molecule has 0 saturated heterocycles. The van der Waals surface area contributed by atoms with Crippen molar-refractivity contribution in [1.29, 1.82) is 0 Å². The van der Waals surface area contributed by atoms with Gasteiger partial charge in [-0.15, -0.1) is 0 Å². The maximum absolute atomic E-state index is 5.79. The molecule has 0 saturated carbocycles. The number of hydrogen-bond acceptors (Lipinski definition) is 5. The second-order valence-corrected chi connectivity index (χ2v) is 4.79. The Morgan fingerprint density at radius 2 is 2.10 bits per heavy atom. The van der Waals surface area contributed by atoms with Crippen molar-refractivity contribution >= 4 is 11.6 Å². The van der Waals surface area contributed by atoms with Crippen LogP contribution in [0.3, 0.4) is 0 Å². The van der Waals surface area contributed by atoms with E-state index in [-0.39, 0.29) is 0 Å². The van der Waals surface area contributed by atoms with Crippen molar-refractivity contribution in [2.75, 3.05) is 30.4 Å². The number of nitrogens with zero attached hydrogens (tertiary/aromatic N) is 3. The van der Waals surface area contributed by atoms with Crippen LogP contribution in [0.2, 0.25) is 0 Å². The third-order valence-corrected chi connectivity index (χ3v) is 3.36. The summed E-state index contributed by atoms with van der Waals surface area (Å²) in [7, 11) is 1.87. The van der Waals surface area contributed by atoms with Crippen molar-refractivity contribution in [1.82, 2.24) is 9.97 Å². The summed E-state index contributed by atoms with van der Waals surface area (Å²) < 4.78 is 5.79. The van der Waals surface area contributed by atoms with Crippen molar-refractivity contribution in [2.45, 2.75) is 13.5 Å². The SMILES string of the molecule is CNc1cc(N2CCOc3ccccc3C2)nc(C)n1. The average Bonchev–Trinajstić information content (AvgIpc) is 2.68. The number of benzene rings is 1. The first-order valence-electron chi connectivity index (χ1n) is 6.75. The van der Waals surface area contributed by atoms with Gasteiger partial charge in [0.05, 0.1) is 6.54 Å². The third-order valence-electron chi connectivity index (χ3n) is 3.36. The highest BCUT2D eigenvalue weighted by Gasteiger charge is 2.17. The molecule has 5 heteroatoms. The highest BCUT2D eigenvalue weighted by Crippen LogP contribution is 2.25. The zero-order valence-electron chi connectivity index (χ0n) is 11.8. The van der Waals surface area contributed by atoms with Gasteiger partial charge in [0.15, 0.2) is 0 Å². The van der Waals surface area contributed by atoms with Crippen LogP contribution in [0, 0.1) is 6.92 Å². The van der Waals surface area contributed by atoms with Crippen LogP contribution in [-0.4, -0.2) is 30.2 Å². The zero-order valence-corrected chi connectivity index (χ0v) is 11.8. The number of aryl methyl sites for hydroxylation is 1. The largest absolute Gasteiger partial charge is 0.491 e. The Bertz CT molecular complexity index is 615. The molecule has 1 aliphatic rings. The van der Waals surface area contributed by atoms with Gasteiger partial charge in [-0.3, -0.25) is 0 Å². The van der Waals surface area contributed by atoms with Gasteiger partial charge in [-0.1, -0.05) is 18.2 Å². The third kappa shape index (κ3) is 2.52. The molecular weight excluding hydrogens is 252 g/mol. The van der Waals surface area contributed by atoms with Crippen LogP contribution in [0.1, 0.15) is 11.4 Å². The number of ether oxygens (including phenoxy) is 1. The van der Waals surface area contributed by atoms with E-state index in [9.17, 15) is 0 Å².